The zero-order valence-corrected chi connectivity index (χ0v) is 17.1. The molecule has 3 rings (SSSR count). The molecule has 0 aliphatic heterocycles. The largest absolute Gasteiger partial charge is 0.380 e. The lowest BCUT2D eigenvalue weighted by atomic mass is 10.0. The molecule has 2 aromatic carbocycles. The van der Waals surface area contributed by atoms with E-state index in [0.29, 0.717) is 12.5 Å². The van der Waals surface area contributed by atoms with Gasteiger partial charge in [-0.25, -0.2) is 13.4 Å². The first-order valence-electron chi connectivity index (χ1n) is 9.22. The van der Waals surface area contributed by atoms with Gasteiger partial charge in [0, 0.05) is 6.54 Å². The van der Waals surface area contributed by atoms with Gasteiger partial charge in [-0.05, 0) is 53.8 Å². The lowest BCUT2D eigenvalue weighted by Gasteiger charge is -2.11. The Bertz CT molecular complexity index is 1030. The Kier molecular flexibility index (Phi) is 5.99. The van der Waals surface area contributed by atoms with Gasteiger partial charge in [0.2, 0.25) is 0 Å². The van der Waals surface area contributed by atoms with E-state index in [9.17, 15) is 8.42 Å². The summed E-state index contributed by atoms with van der Waals surface area (Å²) in [5, 5.41) is 3.30. The number of anilines is 2. The minimum atomic E-state index is -3.66. The third-order valence-corrected chi connectivity index (χ3v) is 5.97. The fraction of sp³-hybridized carbons (Fsp3) is 0.227. The number of sulfonamides is 1. The number of rotatable bonds is 7. The number of aromatic nitrogens is 1. The van der Waals surface area contributed by atoms with Gasteiger partial charge < -0.3 is 5.32 Å². The maximum atomic E-state index is 12.5. The van der Waals surface area contributed by atoms with Crippen molar-refractivity contribution < 1.29 is 8.42 Å². The van der Waals surface area contributed by atoms with Crippen LogP contribution in [0.5, 0.6) is 0 Å². The van der Waals surface area contributed by atoms with Gasteiger partial charge in [-0.1, -0.05) is 50.2 Å². The van der Waals surface area contributed by atoms with Gasteiger partial charge in [0.25, 0.3) is 10.0 Å². The third-order valence-electron chi connectivity index (χ3n) is 4.60. The Labute approximate surface area is 166 Å². The Morgan fingerprint density at radius 2 is 1.68 bits per heavy atom. The molecule has 0 unspecified atom stereocenters. The Hall–Kier alpha value is -2.86. The van der Waals surface area contributed by atoms with Crippen molar-refractivity contribution in [3.05, 3.63) is 83.6 Å². The molecule has 0 radical (unpaired) electrons. The molecule has 0 amide bonds. The predicted molar refractivity (Wildman–Crippen MR) is 114 cm³/mol. The minimum absolute atomic E-state index is 0.223. The van der Waals surface area contributed by atoms with Crippen molar-refractivity contribution in [1.82, 2.24) is 4.98 Å². The van der Waals surface area contributed by atoms with Crippen molar-refractivity contribution in [2.75, 3.05) is 10.0 Å². The van der Waals surface area contributed by atoms with Crippen molar-refractivity contribution >= 4 is 21.5 Å². The fourth-order valence-electron chi connectivity index (χ4n) is 2.79. The molecule has 0 saturated heterocycles. The molecule has 0 spiro atoms. The second-order valence-electron chi connectivity index (χ2n) is 7.04. The van der Waals surface area contributed by atoms with E-state index in [4.69, 9.17) is 0 Å². The van der Waals surface area contributed by atoms with Gasteiger partial charge in [-0.2, -0.15) is 0 Å². The monoisotopic (exact) mass is 395 g/mol. The summed E-state index contributed by atoms with van der Waals surface area (Å²) in [6.07, 6.45) is 1.62. The zero-order valence-electron chi connectivity index (χ0n) is 16.3. The molecule has 2 N–H and O–H groups in total. The standard InChI is InChI=1S/C22H25N3O2S/c1-16(2)18-8-11-21(12-9-18)28(26,27)25-22-13-10-20(15-24-22)23-14-19-7-5-4-6-17(19)3/h4-13,15-16,23H,14H2,1-3H3,(H,24,25). The summed E-state index contributed by atoms with van der Waals surface area (Å²) in [7, 11) is -3.66. The molecule has 0 saturated carbocycles. The molecule has 1 aromatic heterocycles. The van der Waals surface area contributed by atoms with Gasteiger partial charge in [-0.3, -0.25) is 4.72 Å². The summed E-state index contributed by atoms with van der Waals surface area (Å²) in [5.74, 6) is 0.639. The molecular weight excluding hydrogens is 370 g/mol. The number of hydrogen-bond donors (Lipinski definition) is 2. The lowest BCUT2D eigenvalue weighted by molar-refractivity contribution is 0.601. The molecule has 0 aliphatic rings. The maximum Gasteiger partial charge on any atom is 0.263 e. The van der Waals surface area contributed by atoms with Crippen molar-refractivity contribution in [2.24, 2.45) is 0 Å². The summed E-state index contributed by atoms with van der Waals surface area (Å²) < 4.78 is 27.6. The number of hydrogen-bond acceptors (Lipinski definition) is 4. The normalized spacial score (nSPS) is 11.4. The SMILES string of the molecule is Cc1ccccc1CNc1ccc(NS(=O)(=O)c2ccc(C(C)C)cc2)nc1. The summed E-state index contributed by atoms with van der Waals surface area (Å²) in [6, 6.07) is 18.5. The number of benzene rings is 2. The molecule has 0 bridgehead atoms. The van der Waals surface area contributed by atoms with E-state index >= 15 is 0 Å². The van der Waals surface area contributed by atoms with E-state index in [2.05, 4.69) is 47.9 Å². The van der Waals surface area contributed by atoms with Gasteiger partial charge in [0.05, 0.1) is 16.8 Å². The number of aryl methyl sites for hydroxylation is 1. The highest BCUT2D eigenvalue weighted by Gasteiger charge is 2.15. The van der Waals surface area contributed by atoms with E-state index in [-0.39, 0.29) is 10.7 Å². The number of nitrogens with zero attached hydrogens (tertiary/aromatic N) is 1. The van der Waals surface area contributed by atoms with Crippen LogP contribution in [-0.4, -0.2) is 13.4 Å². The molecule has 0 aliphatic carbocycles. The van der Waals surface area contributed by atoms with E-state index < -0.39 is 10.0 Å². The van der Waals surface area contributed by atoms with Gasteiger partial charge in [0.15, 0.2) is 0 Å². The Morgan fingerprint density at radius 3 is 2.29 bits per heavy atom. The quantitative estimate of drug-likeness (QED) is 0.595. The van der Waals surface area contributed by atoms with Crippen molar-refractivity contribution in [3.63, 3.8) is 0 Å². The van der Waals surface area contributed by atoms with Crippen LogP contribution in [0.2, 0.25) is 0 Å². The average Bonchev–Trinajstić information content (AvgIpc) is 2.68. The van der Waals surface area contributed by atoms with Crippen LogP contribution in [0.1, 0.15) is 36.5 Å². The topological polar surface area (TPSA) is 71.1 Å². The van der Waals surface area contributed by atoms with Crippen LogP contribution in [0, 0.1) is 6.92 Å². The fourth-order valence-corrected chi connectivity index (χ4v) is 3.80. The average molecular weight is 396 g/mol. The molecule has 146 valence electrons. The van der Waals surface area contributed by atoms with Gasteiger partial charge >= 0.3 is 0 Å². The minimum Gasteiger partial charge on any atom is -0.380 e. The first-order valence-corrected chi connectivity index (χ1v) is 10.7. The Morgan fingerprint density at radius 1 is 0.964 bits per heavy atom. The van der Waals surface area contributed by atoms with E-state index in [1.165, 1.54) is 11.1 Å². The Balaban J connectivity index is 1.65. The van der Waals surface area contributed by atoms with E-state index in [1.807, 2.05) is 30.3 Å². The molecule has 3 aromatic rings. The van der Waals surface area contributed by atoms with Crippen LogP contribution in [-0.2, 0) is 16.6 Å². The lowest BCUT2D eigenvalue weighted by Crippen LogP contribution is -2.14. The van der Waals surface area contributed by atoms with Gasteiger partial charge in [-0.15, -0.1) is 0 Å². The van der Waals surface area contributed by atoms with Crippen LogP contribution < -0.4 is 10.0 Å². The highest BCUT2D eigenvalue weighted by Crippen LogP contribution is 2.20. The van der Waals surface area contributed by atoms with Crippen LogP contribution in [0.15, 0.2) is 71.8 Å². The van der Waals surface area contributed by atoms with Crippen LogP contribution >= 0.6 is 0 Å². The highest BCUT2D eigenvalue weighted by atomic mass is 32.2. The first kappa shape index (κ1) is 19.9. The molecular formula is C22H25N3O2S. The van der Waals surface area contributed by atoms with Crippen LogP contribution in [0.4, 0.5) is 11.5 Å². The second kappa shape index (κ2) is 8.44. The van der Waals surface area contributed by atoms with Crippen molar-refractivity contribution in [1.29, 1.82) is 0 Å². The predicted octanol–water partition coefficient (Wildman–Crippen LogP) is 4.93. The second-order valence-corrected chi connectivity index (χ2v) is 8.72. The van der Waals surface area contributed by atoms with Crippen molar-refractivity contribution in [2.45, 2.75) is 38.1 Å². The molecule has 28 heavy (non-hydrogen) atoms. The van der Waals surface area contributed by atoms with Crippen LogP contribution in [0.3, 0.4) is 0 Å². The smallest absolute Gasteiger partial charge is 0.263 e. The molecule has 5 nitrogen and oxygen atoms in total. The molecule has 1 heterocycles. The maximum absolute atomic E-state index is 12.5. The third kappa shape index (κ3) is 4.89. The molecule has 6 heteroatoms. The van der Waals surface area contributed by atoms with E-state index in [1.54, 1.807) is 24.4 Å². The number of nitrogens with one attached hydrogen (secondary N) is 2. The highest BCUT2D eigenvalue weighted by molar-refractivity contribution is 7.92. The summed E-state index contributed by atoms with van der Waals surface area (Å²) in [5.41, 5.74) is 4.35. The molecule has 0 atom stereocenters. The summed E-state index contributed by atoms with van der Waals surface area (Å²) >= 11 is 0. The van der Waals surface area contributed by atoms with Crippen LogP contribution in [0.25, 0.3) is 0 Å². The molecule has 0 fully saturated rings. The van der Waals surface area contributed by atoms with Crippen molar-refractivity contribution in [3.8, 4) is 0 Å². The summed E-state index contributed by atoms with van der Waals surface area (Å²) in [4.78, 5) is 4.44. The van der Waals surface area contributed by atoms with Gasteiger partial charge in [0.1, 0.15) is 5.82 Å². The van der Waals surface area contributed by atoms with E-state index in [0.717, 1.165) is 11.3 Å². The number of pyridine rings is 1. The summed E-state index contributed by atoms with van der Waals surface area (Å²) in [6.45, 7) is 6.89. The first-order chi connectivity index (χ1) is 13.3. The zero-order chi connectivity index (χ0) is 20.1.